The molecule has 2 rings (SSSR count). The van der Waals surface area contributed by atoms with Gasteiger partial charge in [-0.05, 0) is 44.4 Å². The minimum atomic E-state index is 0.365. The van der Waals surface area contributed by atoms with Crippen molar-refractivity contribution in [3.63, 3.8) is 0 Å². The molecule has 0 N–H and O–H groups in total. The molecule has 2 fully saturated rings. The van der Waals surface area contributed by atoms with Gasteiger partial charge in [0.05, 0.1) is 0 Å². The standard InChI is InChI=1S/C12H21NO/c1-10-4-6-11(7-5-10)12(14)13-8-2-3-9-13/h10-11H,2-9H2,1H3/t10-,11-. The average Bonchev–Trinajstić information content (AvgIpc) is 2.71. The van der Waals surface area contributed by atoms with Crippen LogP contribution < -0.4 is 0 Å². The number of rotatable bonds is 1. The predicted octanol–water partition coefficient (Wildman–Crippen LogP) is 2.44. The number of hydrogen-bond acceptors (Lipinski definition) is 1. The zero-order valence-electron chi connectivity index (χ0n) is 9.17. The third-order valence-electron chi connectivity index (χ3n) is 3.78. The summed E-state index contributed by atoms with van der Waals surface area (Å²) in [5.41, 5.74) is 0. The summed E-state index contributed by atoms with van der Waals surface area (Å²) in [6.07, 6.45) is 7.21. The minimum Gasteiger partial charge on any atom is -0.342 e. The molecule has 1 saturated carbocycles. The van der Waals surface area contributed by atoms with Gasteiger partial charge < -0.3 is 4.90 Å². The molecule has 80 valence electrons. The first kappa shape index (κ1) is 10.0. The van der Waals surface area contributed by atoms with E-state index in [0.717, 1.165) is 31.8 Å². The van der Waals surface area contributed by atoms with Crippen molar-refractivity contribution in [2.45, 2.75) is 45.4 Å². The van der Waals surface area contributed by atoms with Gasteiger partial charge in [-0.3, -0.25) is 4.79 Å². The molecule has 0 aromatic heterocycles. The molecule has 2 aliphatic rings. The van der Waals surface area contributed by atoms with E-state index in [-0.39, 0.29) is 0 Å². The second-order valence-electron chi connectivity index (χ2n) is 4.99. The fraction of sp³-hybridized carbons (Fsp3) is 0.917. The molecular formula is C12H21NO. The van der Waals surface area contributed by atoms with Crippen LogP contribution in [0.5, 0.6) is 0 Å². The Morgan fingerprint density at radius 2 is 1.64 bits per heavy atom. The van der Waals surface area contributed by atoms with Gasteiger partial charge in [0.1, 0.15) is 0 Å². The van der Waals surface area contributed by atoms with E-state index in [1.54, 1.807) is 0 Å². The van der Waals surface area contributed by atoms with E-state index in [1.165, 1.54) is 25.7 Å². The van der Waals surface area contributed by atoms with Crippen molar-refractivity contribution < 1.29 is 4.79 Å². The van der Waals surface area contributed by atoms with Crippen LogP contribution in [0.2, 0.25) is 0 Å². The van der Waals surface area contributed by atoms with Crippen molar-refractivity contribution in [2.24, 2.45) is 11.8 Å². The van der Waals surface area contributed by atoms with Gasteiger partial charge in [0.25, 0.3) is 0 Å². The number of likely N-dealkylation sites (tertiary alicyclic amines) is 1. The zero-order valence-corrected chi connectivity index (χ0v) is 9.17. The Labute approximate surface area is 86.7 Å². The van der Waals surface area contributed by atoms with Gasteiger partial charge in [-0.2, -0.15) is 0 Å². The van der Waals surface area contributed by atoms with Crippen molar-refractivity contribution in [3.8, 4) is 0 Å². The Balaban J connectivity index is 1.85. The Morgan fingerprint density at radius 1 is 1.07 bits per heavy atom. The molecule has 14 heavy (non-hydrogen) atoms. The van der Waals surface area contributed by atoms with Crippen LogP contribution in [0, 0.1) is 11.8 Å². The molecule has 0 bridgehead atoms. The van der Waals surface area contributed by atoms with Gasteiger partial charge in [0, 0.05) is 19.0 Å². The minimum absolute atomic E-state index is 0.365. The van der Waals surface area contributed by atoms with Crippen LogP contribution >= 0.6 is 0 Å². The molecule has 0 aromatic rings. The molecule has 1 amide bonds. The largest absolute Gasteiger partial charge is 0.342 e. The lowest BCUT2D eigenvalue weighted by atomic mass is 9.82. The highest BCUT2D eigenvalue weighted by Crippen LogP contribution is 2.30. The number of nitrogens with zero attached hydrogens (tertiary/aromatic N) is 1. The molecule has 0 atom stereocenters. The molecule has 2 heteroatoms. The van der Waals surface area contributed by atoms with Crippen LogP contribution in [-0.2, 0) is 4.79 Å². The van der Waals surface area contributed by atoms with Crippen LogP contribution in [0.3, 0.4) is 0 Å². The van der Waals surface area contributed by atoms with Crippen molar-refractivity contribution >= 4 is 5.91 Å². The zero-order chi connectivity index (χ0) is 9.97. The van der Waals surface area contributed by atoms with Crippen molar-refractivity contribution in [3.05, 3.63) is 0 Å². The normalized spacial score (nSPS) is 33.4. The maximum absolute atomic E-state index is 12.0. The fourth-order valence-electron chi connectivity index (χ4n) is 2.70. The van der Waals surface area contributed by atoms with E-state index in [0.29, 0.717) is 11.8 Å². The maximum atomic E-state index is 12.0. The summed E-state index contributed by atoms with van der Waals surface area (Å²) >= 11 is 0. The molecule has 2 nitrogen and oxygen atoms in total. The van der Waals surface area contributed by atoms with Crippen LogP contribution in [0.15, 0.2) is 0 Å². The van der Waals surface area contributed by atoms with Gasteiger partial charge in [-0.15, -0.1) is 0 Å². The fourth-order valence-corrected chi connectivity index (χ4v) is 2.70. The molecule has 0 aromatic carbocycles. The first-order chi connectivity index (χ1) is 6.77. The Bertz CT molecular complexity index is 200. The summed E-state index contributed by atoms with van der Waals surface area (Å²) in [6, 6.07) is 0. The summed E-state index contributed by atoms with van der Waals surface area (Å²) < 4.78 is 0. The van der Waals surface area contributed by atoms with Gasteiger partial charge >= 0.3 is 0 Å². The highest BCUT2D eigenvalue weighted by Gasteiger charge is 2.29. The summed E-state index contributed by atoms with van der Waals surface area (Å²) in [7, 11) is 0. The molecular weight excluding hydrogens is 174 g/mol. The van der Waals surface area contributed by atoms with Crippen LogP contribution in [0.1, 0.15) is 45.4 Å². The second kappa shape index (κ2) is 4.33. The second-order valence-corrected chi connectivity index (χ2v) is 4.99. The molecule has 0 spiro atoms. The predicted molar refractivity (Wildman–Crippen MR) is 56.9 cm³/mol. The third kappa shape index (κ3) is 2.10. The lowest BCUT2D eigenvalue weighted by Gasteiger charge is -2.28. The number of hydrogen-bond donors (Lipinski definition) is 0. The summed E-state index contributed by atoms with van der Waals surface area (Å²) in [5, 5.41) is 0. The molecule has 1 heterocycles. The number of carbonyl (C=O) groups is 1. The smallest absolute Gasteiger partial charge is 0.225 e. The molecule has 1 aliphatic heterocycles. The summed E-state index contributed by atoms with van der Waals surface area (Å²) in [6.45, 7) is 4.34. The quantitative estimate of drug-likeness (QED) is 0.629. The molecule has 0 radical (unpaired) electrons. The monoisotopic (exact) mass is 195 g/mol. The van der Waals surface area contributed by atoms with Crippen LogP contribution in [-0.4, -0.2) is 23.9 Å². The van der Waals surface area contributed by atoms with Crippen molar-refractivity contribution in [1.29, 1.82) is 0 Å². The van der Waals surface area contributed by atoms with Crippen LogP contribution in [0.4, 0.5) is 0 Å². The Morgan fingerprint density at radius 3 is 2.21 bits per heavy atom. The third-order valence-corrected chi connectivity index (χ3v) is 3.78. The Kier molecular flexibility index (Phi) is 3.09. The first-order valence-corrected chi connectivity index (χ1v) is 6.06. The SMILES string of the molecule is C[C@H]1CC[C@H](C(=O)N2CCCC2)CC1. The van der Waals surface area contributed by atoms with Gasteiger partial charge in [-0.25, -0.2) is 0 Å². The van der Waals surface area contributed by atoms with Gasteiger partial charge in [0.15, 0.2) is 0 Å². The van der Waals surface area contributed by atoms with E-state index in [9.17, 15) is 4.79 Å². The van der Waals surface area contributed by atoms with E-state index < -0.39 is 0 Å². The van der Waals surface area contributed by atoms with E-state index >= 15 is 0 Å². The lowest BCUT2D eigenvalue weighted by molar-refractivity contribution is -0.135. The van der Waals surface area contributed by atoms with Crippen molar-refractivity contribution in [2.75, 3.05) is 13.1 Å². The van der Waals surface area contributed by atoms with E-state index in [4.69, 9.17) is 0 Å². The van der Waals surface area contributed by atoms with Gasteiger partial charge in [0.2, 0.25) is 5.91 Å². The summed E-state index contributed by atoms with van der Waals surface area (Å²) in [4.78, 5) is 14.1. The van der Waals surface area contributed by atoms with Crippen LogP contribution in [0.25, 0.3) is 0 Å². The molecule has 1 aliphatic carbocycles. The molecule has 1 saturated heterocycles. The highest BCUT2D eigenvalue weighted by molar-refractivity contribution is 5.79. The highest BCUT2D eigenvalue weighted by atomic mass is 16.2. The van der Waals surface area contributed by atoms with Crippen molar-refractivity contribution in [1.82, 2.24) is 4.90 Å². The topological polar surface area (TPSA) is 20.3 Å². The van der Waals surface area contributed by atoms with Gasteiger partial charge in [-0.1, -0.05) is 6.92 Å². The van der Waals surface area contributed by atoms with E-state index in [1.807, 2.05) is 0 Å². The Hall–Kier alpha value is -0.530. The summed E-state index contributed by atoms with van der Waals surface area (Å²) in [5.74, 6) is 1.66. The number of amides is 1. The lowest BCUT2D eigenvalue weighted by Crippen LogP contribution is -2.35. The van der Waals surface area contributed by atoms with E-state index in [2.05, 4.69) is 11.8 Å². The average molecular weight is 195 g/mol. The number of carbonyl (C=O) groups excluding carboxylic acids is 1. The first-order valence-electron chi connectivity index (χ1n) is 6.06. The maximum Gasteiger partial charge on any atom is 0.225 e. The molecule has 0 unspecified atom stereocenters.